The maximum Gasteiger partial charge on any atom is 0.258 e. The summed E-state index contributed by atoms with van der Waals surface area (Å²) in [6.07, 6.45) is 0. The molecule has 0 aromatic heterocycles. The Labute approximate surface area is 152 Å². The Hall–Kier alpha value is -2.44. The fourth-order valence-corrected chi connectivity index (χ4v) is 2.83. The van der Waals surface area contributed by atoms with E-state index in [1.165, 1.54) is 17.7 Å². The van der Waals surface area contributed by atoms with Crippen LogP contribution in [0.25, 0.3) is 0 Å². The van der Waals surface area contributed by atoms with Crippen molar-refractivity contribution in [1.82, 2.24) is 10.2 Å². The molecular weight excluding hydrogens is 335 g/mol. The minimum Gasteiger partial charge on any atom is -0.484 e. The average Bonchev–Trinajstić information content (AvgIpc) is 2.66. The second kappa shape index (κ2) is 9.31. The van der Waals surface area contributed by atoms with Crippen LogP contribution in [-0.4, -0.2) is 43.7 Å². The van der Waals surface area contributed by atoms with Crippen molar-refractivity contribution < 1.29 is 18.7 Å². The number of benzene rings is 2. The zero-order valence-electron chi connectivity index (χ0n) is 14.6. The first-order valence-corrected chi connectivity index (χ1v) is 8.72. The highest BCUT2D eigenvalue weighted by Gasteiger charge is 2.13. The summed E-state index contributed by atoms with van der Waals surface area (Å²) in [7, 11) is 0. The van der Waals surface area contributed by atoms with Gasteiger partial charge in [-0.05, 0) is 23.3 Å². The molecule has 1 aliphatic heterocycles. The fraction of sp³-hybridized carbons (Fsp3) is 0.350. The number of hydrogen-bond donors (Lipinski definition) is 1. The Balaban J connectivity index is 1.50. The van der Waals surface area contributed by atoms with Crippen LogP contribution in [0.4, 0.5) is 4.39 Å². The van der Waals surface area contributed by atoms with Gasteiger partial charge in [0.05, 0.1) is 13.2 Å². The summed E-state index contributed by atoms with van der Waals surface area (Å²) in [5, 5.41) is 2.86. The normalized spacial score (nSPS) is 14.8. The first kappa shape index (κ1) is 18.4. The van der Waals surface area contributed by atoms with Gasteiger partial charge in [-0.15, -0.1) is 0 Å². The Bertz CT molecular complexity index is 733. The van der Waals surface area contributed by atoms with E-state index in [2.05, 4.69) is 16.3 Å². The van der Waals surface area contributed by atoms with Gasteiger partial charge in [-0.3, -0.25) is 9.69 Å². The number of carbonyl (C=O) groups excluding carboxylic acids is 1. The second-order valence-corrected chi connectivity index (χ2v) is 6.18. The van der Waals surface area contributed by atoms with E-state index in [9.17, 15) is 9.18 Å². The number of halogens is 1. The molecule has 2 aromatic rings. The van der Waals surface area contributed by atoms with E-state index in [0.29, 0.717) is 12.3 Å². The Morgan fingerprint density at radius 3 is 2.65 bits per heavy atom. The van der Waals surface area contributed by atoms with Crippen molar-refractivity contribution >= 4 is 5.91 Å². The first-order valence-electron chi connectivity index (χ1n) is 8.72. The summed E-state index contributed by atoms with van der Waals surface area (Å²) in [6, 6.07) is 13.8. The third kappa shape index (κ3) is 5.54. The molecule has 2 aromatic carbocycles. The molecule has 6 heteroatoms. The first-order chi connectivity index (χ1) is 12.7. The molecule has 1 saturated heterocycles. The number of amides is 1. The van der Waals surface area contributed by atoms with Gasteiger partial charge in [0.25, 0.3) is 5.91 Å². The monoisotopic (exact) mass is 358 g/mol. The minimum absolute atomic E-state index is 0.144. The molecule has 138 valence electrons. The zero-order chi connectivity index (χ0) is 18.2. The number of nitrogens with zero attached hydrogens (tertiary/aromatic N) is 1. The van der Waals surface area contributed by atoms with Crippen molar-refractivity contribution in [3.63, 3.8) is 0 Å². The van der Waals surface area contributed by atoms with Crippen molar-refractivity contribution in [1.29, 1.82) is 0 Å². The predicted octanol–water partition coefficient (Wildman–Crippen LogP) is 2.35. The Morgan fingerprint density at radius 1 is 1.12 bits per heavy atom. The smallest absolute Gasteiger partial charge is 0.258 e. The molecule has 1 aliphatic rings. The lowest BCUT2D eigenvalue weighted by Crippen LogP contribution is -2.36. The lowest BCUT2D eigenvalue weighted by atomic mass is 10.1. The SMILES string of the molecule is O=C(COc1cccc(F)c1)NCc1ccccc1CN1CCOCC1. The number of morpholine rings is 1. The molecule has 0 saturated carbocycles. The summed E-state index contributed by atoms with van der Waals surface area (Å²) in [6.45, 7) is 4.49. The summed E-state index contributed by atoms with van der Waals surface area (Å²) in [4.78, 5) is 14.4. The maximum absolute atomic E-state index is 13.1. The van der Waals surface area contributed by atoms with Gasteiger partial charge in [0.1, 0.15) is 11.6 Å². The zero-order valence-corrected chi connectivity index (χ0v) is 14.6. The molecule has 0 atom stereocenters. The molecule has 0 unspecified atom stereocenters. The highest BCUT2D eigenvalue weighted by atomic mass is 19.1. The standard InChI is InChI=1S/C20H23FN2O3/c21-18-6-3-7-19(12-18)26-15-20(24)22-13-16-4-1-2-5-17(16)14-23-8-10-25-11-9-23/h1-7,12H,8-11,13-15H2,(H,22,24). The molecule has 26 heavy (non-hydrogen) atoms. The van der Waals surface area contributed by atoms with E-state index in [1.54, 1.807) is 12.1 Å². The largest absolute Gasteiger partial charge is 0.484 e. The molecule has 0 aliphatic carbocycles. The van der Waals surface area contributed by atoms with Gasteiger partial charge < -0.3 is 14.8 Å². The second-order valence-electron chi connectivity index (χ2n) is 6.18. The fourth-order valence-electron chi connectivity index (χ4n) is 2.83. The van der Waals surface area contributed by atoms with Crippen LogP contribution in [0.3, 0.4) is 0 Å². The van der Waals surface area contributed by atoms with E-state index in [-0.39, 0.29) is 18.3 Å². The summed E-state index contributed by atoms with van der Waals surface area (Å²) in [5.74, 6) is -0.289. The summed E-state index contributed by atoms with van der Waals surface area (Å²) in [5.41, 5.74) is 2.28. The Morgan fingerprint density at radius 2 is 1.88 bits per heavy atom. The van der Waals surface area contributed by atoms with E-state index in [0.717, 1.165) is 38.4 Å². The molecule has 1 fully saturated rings. The third-order valence-corrected chi connectivity index (χ3v) is 4.26. The lowest BCUT2D eigenvalue weighted by molar-refractivity contribution is -0.123. The van der Waals surface area contributed by atoms with Crippen LogP contribution in [-0.2, 0) is 22.6 Å². The van der Waals surface area contributed by atoms with Crippen LogP contribution in [0.5, 0.6) is 5.75 Å². The van der Waals surface area contributed by atoms with Crippen molar-refractivity contribution in [2.75, 3.05) is 32.9 Å². The highest BCUT2D eigenvalue weighted by Crippen LogP contribution is 2.14. The molecule has 1 N–H and O–H groups in total. The van der Waals surface area contributed by atoms with Crippen molar-refractivity contribution in [2.24, 2.45) is 0 Å². The quantitative estimate of drug-likeness (QED) is 0.826. The summed E-state index contributed by atoms with van der Waals surface area (Å²) >= 11 is 0. The van der Waals surface area contributed by atoms with Gasteiger partial charge in [-0.2, -0.15) is 0 Å². The maximum atomic E-state index is 13.1. The number of hydrogen-bond acceptors (Lipinski definition) is 4. The van der Waals surface area contributed by atoms with Crippen LogP contribution in [0.2, 0.25) is 0 Å². The lowest BCUT2D eigenvalue weighted by Gasteiger charge is -2.27. The molecule has 1 heterocycles. The van der Waals surface area contributed by atoms with Gasteiger partial charge in [0.2, 0.25) is 0 Å². The highest BCUT2D eigenvalue weighted by molar-refractivity contribution is 5.77. The topological polar surface area (TPSA) is 50.8 Å². The number of carbonyl (C=O) groups is 1. The van der Waals surface area contributed by atoms with Crippen molar-refractivity contribution in [3.8, 4) is 5.75 Å². The van der Waals surface area contributed by atoms with Gasteiger partial charge in [-0.25, -0.2) is 4.39 Å². The molecule has 5 nitrogen and oxygen atoms in total. The number of rotatable bonds is 7. The van der Waals surface area contributed by atoms with E-state index < -0.39 is 0 Å². The predicted molar refractivity (Wildman–Crippen MR) is 96.3 cm³/mol. The molecule has 0 bridgehead atoms. The average molecular weight is 358 g/mol. The number of nitrogens with one attached hydrogen (secondary N) is 1. The van der Waals surface area contributed by atoms with E-state index >= 15 is 0 Å². The van der Waals surface area contributed by atoms with Gasteiger partial charge in [0.15, 0.2) is 6.61 Å². The van der Waals surface area contributed by atoms with Crippen LogP contribution in [0.1, 0.15) is 11.1 Å². The summed E-state index contributed by atoms with van der Waals surface area (Å²) < 4.78 is 23.8. The van der Waals surface area contributed by atoms with E-state index in [1.807, 2.05) is 18.2 Å². The van der Waals surface area contributed by atoms with Crippen LogP contribution in [0.15, 0.2) is 48.5 Å². The van der Waals surface area contributed by atoms with Crippen LogP contribution >= 0.6 is 0 Å². The molecule has 0 radical (unpaired) electrons. The molecule has 3 rings (SSSR count). The number of ether oxygens (including phenoxy) is 2. The molecular formula is C20H23FN2O3. The molecule has 0 spiro atoms. The van der Waals surface area contributed by atoms with Crippen molar-refractivity contribution in [2.45, 2.75) is 13.1 Å². The van der Waals surface area contributed by atoms with Gasteiger partial charge in [-0.1, -0.05) is 30.3 Å². The van der Waals surface area contributed by atoms with Crippen molar-refractivity contribution in [3.05, 3.63) is 65.5 Å². The van der Waals surface area contributed by atoms with Gasteiger partial charge in [0, 0.05) is 32.2 Å². The Kier molecular flexibility index (Phi) is 6.57. The van der Waals surface area contributed by atoms with Crippen LogP contribution < -0.4 is 10.1 Å². The minimum atomic E-state index is -0.389. The van der Waals surface area contributed by atoms with Gasteiger partial charge >= 0.3 is 0 Å². The van der Waals surface area contributed by atoms with Crippen LogP contribution in [0, 0.1) is 5.82 Å². The molecule has 1 amide bonds. The van der Waals surface area contributed by atoms with E-state index in [4.69, 9.17) is 9.47 Å². The third-order valence-electron chi connectivity index (χ3n) is 4.26.